The molecule has 142 valence electrons. The van der Waals surface area contributed by atoms with Gasteiger partial charge in [0.25, 0.3) is 0 Å². The number of halogens is 1. The molecule has 0 aliphatic rings. The van der Waals surface area contributed by atoms with Gasteiger partial charge in [0.1, 0.15) is 5.82 Å². The standard InChI is InChI=1S/C26H14FNO2/c27-17-11-9-15(10-12-17)16-13-20-24-21(14-16)26(30)19-6-2-4-8-23(19)28(24)22-7-3-1-5-18(22)25(20)29/h1-14H. The van der Waals surface area contributed by atoms with Crippen molar-refractivity contribution in [2.45, 2.75) is 0 Å². The van der Waals surface area contributed by atoms with Crippen molar-refractivity contribution in [3.05, 3.63) is 111 Å². The number of para-hydroxylation sites is 2. The first kappa shape index (κ1) is 16.9. The molecule has 0 N–H and O–H groups in total. The van der Waals surface area contributed by atoms with Gasteiger partial charge in [-0.05, 0) is 59.7 Å². The van der Waals surface area contributed by atoms with E-state index in [2.05, 4.69) is 0 Å². The number of nitrogens with zero attached hydrogens (tertiary/aromatic N) is 1. The molecule has 6 rings (SSSR count). The van der Waals surface area contributed by atoms with Crippen LogP contribution in [0, 0.1) is 5.82 Å². The molecule has 4 aromatic carbocycles. The molecular weight excluding hydrogens is 377 g/mol. The summed E-state index contributed by atoms with van der Waals surface area (Å²) in [7, 11) is 0. The van der Waals surface area contributed by atoms with Crippen LogP contribution in [0.25, 0.3) is 49.2 Å². The fourth-order valence-corrected chi connectivity index (χ4v) is 4.41. The van der Waals surface area contributed by atoms with Gasteiger partial charge in [0.05, 0.1) is 16.6 Å². The highest BCUT2D eigenvalue weighted by Gasteiger charge is 2.18. The first-order valence-corrected chi connectivity index (χ1v) is 9.65. The van der Waals surface area contributed by atoms with Crippen molar-refractivity contribution in [3.8, 4) is 11.1 Å². The van der Waals surface area contributed by atoms with Crippen molar-refractivity contribution >= 4 is 38.1 Å². The van der Waals surface area contributed by atoms with Crippen molar-refractivity contribution < 1.29 is 4.39 Å². The Balaban J connectivity index is 1.94. The second-order valence-electron chi connectivity index (χ2n) is 7.45. The largest absolute Gasteiger partial charge is 0.308 e. The quantitative estimate of drug-likeness (QED) is 0.279. The minimum absolute atomic E-state index is 0.116. The number of rotatable bonds is 1. The molecule has 0 unspecified atom stereocenters. The Labute approximate surface area is 169 Å². The van der Waals surface area contributed by atoms with Gasteiger partial charge in [0.15, 0.2) is 10.9 Å². The van der Waals surface area contributed by atoms with E-state index >= 15 is 0 Å². The van der Waals surface area contributed by atoms with E-state index in [0.29, 0.717) is 32.6 Å². The van der Waals surface area contributed by atoms with Gasteiger partial charge >= 0.3 is 0 Å². The Kier molecular flexibility index (Phi) is 3.36. The zero-order valence-electron chi connectivity index (χ0n) is 15.7. The summed E-state index contributed by atoms with van der Waals surface area (Å²) in [6, 6.07) is 24.6. The monoisotopic (exact) mass is 391 g/mol. The highest BCUT2D eigenvalue weighted by atomic mass is 19.1. The first-order valence-electron chi connectivity index (χ1n) is 9.65. The van der Waals surface area contributed by atoms with Gasteiger partial charge in [-0.3, -0.25) is 9.59 Å². The molecule has 0 atom stereocenters. The molecule has 0 fully saturated rings. The lowest BCUT2D eigenvalue weighted by molar-refractivity contribution is 0.628. The maximum Gasteiger partial charge on any atom is 0.197 e. The zero-order chi connectivity index (χ0) is 20.4. The number of aromatic nitrogens is 1. The van der Waals surface area contributed by atoms with Crippen molar-refractivity contribution in [3.63, 3.8) is 0 Å². The van der Waals surface area contributed by atoms with Crippen molar-refractivity contribution in [2.75, 3.05) is 0 Å². The van der Waals surface area contributed by atoms with Crippen LogP contribution in [-0.2, 0) is 0 Å². The smallest absolute Gasteiger partial charge is 0.197 e. The zero-order valence-corrected chi connectivity index (χ0v) is 15.7. The van der Waals surface area contributed by atoms with E-state index in [1.165, 1.54) is 12.1 Å². The van der Waals surface area contributed by atoms with Gasteiger partial charge in [-0.25, -0.2) is 4.39 Å². The summed E-state index contributed by atoms with van der Waals surface area (Å²) in [4.78, 5) is 26.8. The van der Waals surface area contributed by atoms with Crippen LogP contribution < -0.4 is 10.9 Å². The summed E-state index contributed by atoms with van der Waals surface area (Å²) < 4.78 is 15.4. The highest BCUT2D eigenvalue weighted by molar-refractivity contribution is 6.09. The van der Waals surface area contributed by atoms with Crippen LogP contribution in [-0.4, -0.2) is 4.40 Å². The van der Waals surface area contributed by atoms with Crippen LogP contribution in [0.1, 0.15) is 0 Å². The first-order chi connectivity index (χ1) is 14.6. The molecule has 0 aliphatic carbocycles. The van der Waals surface area contributed by atoms with Gasteiger partial charge < -0.3 is 4.40 Å². The van der Waals surface area contributed by atoms with Crippen LogP contribution in [0.3, 0.4) is 0 Å². The predicted octanol–water partition coefficient (Wildman–Crippen LogP) is 5.36. The Hall–Kier alpha value is -4.05. The fourth-order valence-electron chi connectivity index (χ4n) is 4.41. The Morgan fingerprint density at radius 1 is 0.567 bits per heavy atom. The molecule has 0 bridgehead atoms. The topological polar surface area (TPSA) is 38.5 Å². The van der Waals surface area contributed by atoms with Crippen LogP contribution in [0.15, 0.2) is 94.5 Å². The Bertz CT molecular complexity index is 1630. The van der Waals surface area contributed by atoms with Crippen LogP contribution in [0.4, 0.5) is 4.39 Å². The summed E-state index contributed by atoms with van der Waals surface area (Å²) in [5.74, 6) is -0.334. The third kappa shape index (κ3) is 2.19. The van der Waals surface area contributed by atoms with E-state index in [1.807, 2.05) is 52.9 Å². The third-order valence-electron chi connectivity index (χ3n) is 5.78. The van der Waals surface area contributed by atoms with Gasteiger partial charge in [0, 0.05) is 21.5 Å². The average Bonchev–Trinajstić information content (AvgIpc) is 2.79. The Morgan fingerprint density at radius 3 is 1.60 bits per heavy atom. The van der Waals surface area contributed by atoms with Crippen molar-refractivity contribution in [1.82, 2.24) is 4.40 Å². The molecule has 0 spiro atoms. The molecule has 0 saturated carbocycles. The SMILES string of the molecule is O=c1c2ccccc2n2c3ccccc3c(=O)c3cc(-c4ccc(F)cc4)cc1c32. The normalized spacial score (nSPS) is 11.8. The number of hydrogen-bond acceptors (Lipinski definition) is 2. The third-order valence-corrected chi connectivity index (χ3v) is 5.78. The number of hydrogen-bond donors (Lipinski definition) is 0. The van der Waals surface area contributed by atoms with Crippen LogP contribution >= 0.6 is 0 Å². The van der Waals surface area contributed by atoms with E-state index in [4.69, 9.17) is 0 Å². The lowest BCUT2D eigenvalue weighted by Gasteiger charge is -2.15. The van der Waals surface area contributed by atoms with E-state index < -0.39 is 0 Å². The number of fused-ring (bicyclic) bond motifs is 4. The average molecular weight is 391 g/mol. The van der Waals surface area contributed by atoms with Gasteiger partial charge in [-0.15, -0.1) is 0 Å². The molecule has 0 saturated heterocycles. The minimum atomic E-state index is -0.334. The van der Waals surface area contributed by atoms with Crippen molar-refractivity contribution in [2.24, 2.45) is 0 Å². The summed E-state index contributed by atoms with van der Waals surface area (Å²) in [5, 5.41) is 2.15. The molecule has 2 aromatic heterocycles. The molecule has 2 heterocycles. The second-order valence-corrected chi connectivity index (χ2v) is 7.45. The summed E-state index contributed by atoms with van der Waals surface area (Å²) in [6.45, 7) is 0. The van der Waals surface area contributed by atoms with E-state index in [0.717, 1.165) is 16.6 Å². The lowest BCUT2D eigenvalue weighted by Crippen LogP contribution is -2.14. The van der Waals surface area contributed by atoms with Gasteiger partial charge in [-0.1, -0.05) is 36.4 Å². The van der Waals surface area contributed by atoms with Gasteiger partial charge in [-0.2, -0.15) is 0 Å². The fraction of sp³-hybridized carbons (Fsp3) is 0. The molecule has 4 heteroatoms. The van der Waals surface area contributed by atoms with Crippen LogP contribution in [0.2, 0.25) is 0 Å². The summed E-state index contributed by atoms with van der Waals surface area (Å²) in [6.07, 6.45) is 0. The molecule has 0 aliphatic heterocycles. The van der Waals surface area contributed by atoms with E-state index in [9.17, 15) is 14.0 Å². The van der Waals surface area contributed by atoms with Crippen LogP contribution in [0.5, 0.6) is 0 Å². The lowest BCUT2D eigenvalue weighted by atomic mass is 9.97. The molecule has 3 nitrogen and oxygen atoms in total. The van der Waals surface area contributed by atoms with Crippen molar-refractivity contribution in [1.29, 1.82) is 0 Å². The summed E-state index contributed by atoms with van der Waals surface area (Å²) in [5.41, 5.74) is 3.39. The van der Waals surface area contributed by atoms with Gasteiger partial charge in [0.2, 0.25) is 0 Å². The predicted molar refractivity (Wildman–Crippen MR) is 119 cm³/mol. The molecule has 6 aromatic rings. The number of pyridine rings is 2. The minimum Gasteiger partial charge on any atom is -0.308 e. The Morgan fingerprint density at radius 2 is 1.07 bits per heavy atom. The maximum absolute atomic E-state index is 13.4. The maximum atomic E-state index is 13.4. The van der Waals surface area contributed by atoms with E-state index in [1.54, 1.807) is 24.3 Å². The second kappa shape index (κ2) is 5.97. The van der Waals surface area contributed by atoms with E-state index in [-0.39, 0.29) is 16.7 Å². The molecule has 0 radical (unpaired) electrons. The highest BCUT2D eigenvalue weighted by Crippen LogP contribution is 2.31. The summed E-state index contributed by atoms with van der Waals surface area (Å²) >= 11 is 0. The number of benzene rings is 4. The molecule has 0 amide bonds. The molecule has 30 heavy (non-hydrogen) atoms. The molecular formula is C26H14FNO2.